The molecule has 0 aliphatic rings. The van der Waals surface area contributed by atoms with E-state index in [9.17, 15) is 18.0 Å². The fraction of sp³-hybridized carbons (Fsp3) is 0.929. The SMILES string of the molecule is CCCNC(C)(CCCOC(C)C(F)(F)F)C(=O)OCC. The Hall–Kier alpha value is -0.820. The highest BCUT2D eigenvalue weighted by Crippen LogP contribution is 2.23. The minimum absolute atomic E-state index is 0.0521. The maximum Gasteiger partial charge on any atom is 0.414 e. The van der Waals surface area contributed by atoms with Crippen LogP contribution in [0, 0.1) is 0 Å². The third-order valence-corrected chi connectivity index (χ3v) is 3.14. The van der Waals surface area contributed by atoms with Crippen molar-refractivity contribution in [2.45, 2.75) is 64.8 Å². The zero-order chi connectivity index (χ0) is 16.5. The third kappa shape index (κ3) is 7.66. The van der Waals surface area contributed by atoms with Gasteiger partial charge in [0.05, 0.1) is 6.61 Å². The Labute approximate surface area is 124 Å². The van der Waals surface area contributed by atoms with Gasteiger partial charge in [0, 0.05) is 6.61 Å². The minimum atomic E-state index is -4.36. The smallest absolute Gasteiger partial charge is 0.414 e. The van der Waals surface area contributed by atoms with Crippen molar-refractivity contribution in [1.82, 2.24) is 5.32 Å². The summed E-state index contributed by atoms with van der Waals surface area (Å²) in [7, 11) is 0. The highest BCUT2D eigenvalue weighted by Gasteiger charge is 2.37. The van der Waals surface area contributed by atoms with Gasteiger partial charge < -0.3 is 14.8 Å². The Morgan fingerprint density at radius 1 is 1.29 bits per heavy atom. The van der Waals surface area contributed by atoms with Gasteiger partial charge in [-0.25, -0.2) is 0 Å². The van der Waals surface area contributed by atoms with E-state index >= 15 is 0 Å². The number of hydrogen-bond donors (Lipinski definition) is 1. The molecule has 1 N–H and O–H groups in total. The van der Waals surface area contributed by atoms with Gasteiger partial charge in [0.2, 0.25) is 0 Å². The average molecular weight is 313 g/mol. The molecule has 0 rings (SSSR count). The molecule has 126 valence electrons. The minimum Gasteiger partial charge on any atom is -0.465 e. The number of carbonyl (C=O) groups is 1. The zero-order valence-corrected chi connectivity index (χ0v) is 13.2. The molecule has 0 aromatic carbocycles. The quantitative estimate of drug-likeness (QED) is 0.497. The summed E-state index contributed by atoms with van der Waals surface area (Å²) in [5.41, 5.74) is -0.892. The van der Waals surface area contributed by atoms with Crippen molar-refractivity contribution in [3.63, 3.8) is 0 Å². The highest BCUT2D eigenvalue weighted by atomic mass is 19.4. The van der Waals surface area contributed by atoms with Crippen LogP contribution >= 0.6 is 0 Å². The van der Waals surface area contributed by atoms with Crippen LogP contribution in [-0.4, -0.2) is 43.5 Å². The lowest BCUT2D eigenvalue weighted by Gasteiger charge is -2.28. The van der Waals surface area contributed by atoms with E-state index in [1.165, 1.54) is 0 Å². The Balaban J connectivity index is 4.33. The van der Waals surface area contributed by atoms with E-state index in [0.29, 0.717) is 19.4 Å². The summed E-state index contributed by atoms with van der Waals surface area (Å²) in [5, 5.41) is 3.10. The standard InChI is InChI=1S/C14H26F3NO3/c1-5-9-18-13(4,12(19)20-6-2)8-7-10-21-11(3)14(15,16)17/h11,18H,5-10H2,1-4H3. The lowest BCUT2D eigenvalue weighted by molar-refractivity contribution is -0.214. The van der Waals surface area contributed by atoms with Crippen molar-refractivity contribution in [3.8, 4) is 0 Å². The van der Waals surface area contributed by atoms with Crippen molar-refractivity contribution in [1.29, 1.82) is 0 Å². The topological polar surface area (TPSA) is 47.6 Å². The molecule has 0 radical (unpaired) electrons. The molecule has 0 aliphatic heterocycles. The molecule has 21 heavy (non-hydrogen) atoms. The number of hydrogen-bond acceptors (Lipinski definition) is 4. The molecule has 0 bridgehead atoms. The molecular formula is C14H26F3NO3. The van der Waals surface area contributed by atoms with Gasteiger partial charge in [0.1, 0.15) is 5.54 Å². The van der Waals surface area contributed by atoms with Crippen LogP contribution in [0.15, 0.2) is 0 Å². The summed E-state index contributed by atoms with van der Waals surface area (Å²) in [6, 6.07) is 0. The first-order valence-corrected chi connectivity index (χ1v) is 7.28. The van der Waals surface area contributed by atoms with Gasteiger partial charge in [-0.3, -0.25) is 4.79 Å². The van der Waals surface area contributed by atoms with Crippen LogP contribution < -0.4 is 5.32 Å². The molecule has 0 amide bonds. The van der Waals surface area contributed by atoms with E-state index in [4.69, 9.17) is 9.47 Å². The summed E-state index contributed by atoms with van der Waals surface area (Å²) in [6.45, 7) is 7.20. The van der Waals surface area contributed by atoms with E-state index in [2.05, 4.69) is 5.32 Å². The molecular weight excluding hydrogens is 287 g/mol. The highest BCUT2D eigenvalue weighted by molar-refractivity contribution is 5.80. The number of carbonyl (C=O) groups excluding carboxylic acids is 1. The summed E-state index contributed by atoms with van der Waals surface area (Å²) < 4.78 is 46.6. The molecule has 0 fully saturated rings. The van der Waals surface area contributed by atoms with Crippen LogP contribution in [0.25, 0.3) is 0 Å². The summed E-state index contributed by atoms with van der Waals surface area (Å²) >= 11 is 0. The van der Waals surface area contributed by atoms with Crippen LogP contribution in [0.4, 0.5) is 13.2 Å². The van der Waals surface area contributed by atoms with Crippen LogP contribution in [0.3, 0.4) is 0 Å². The van der Waals surface area contributed by atoms with Gasteiger partial charge in [0.25, 0.3) is 0 Å². The molecule has 0 saturated heterocycles. The van der Waals surface area contributed by atoms with Crippen molar-refractivity contribution in [3.05, 3.63) is 0 Å². The first-order valence-electron chi connectivity index (χ1n) is 7.28. The number of ether oxygens (including phenoxy) is 2. The summed E-state index contributed by atoms with van der Waals surface area (Å²) in [4.78, 5) is 12.0. The zero-order valence-electron chi connectivity index (χ0n) is 13.2. The molecule has 0 heterocycles. The van der Waals surface area contributed by atoms with Gasteiger partial charge >= 0.3 is 12.1 Å². The normalized spacial score (nSPS) is 16.3. The van der Waals surface area contributed by atoms with E-state index in [1.807, 2.05) is 6.92 Å². The molecule has 7 heteroatoms. The summed E-state index contributed by atoms with van der Waals surface area (Å²) in [5.74, 6) is -0.387. The predicted molar refractivity (Wildman–Crippen MR) is 74.0 cm³/mol. The lowest BCUT2D eigenvalue weighted by Crippen LogP contribution is -2.51. The fourth-order valence-corrected chi connectivity index (χ4v) is 1.73. The maximum atomic E-state index is 12.3. The average Bonchev–Trinajstić information content (AvgIpc) is 2.40. The first kappa shape index (κ1) is 20.2. The second-order valence-corrected chi connectivity index (χ2v) is 5.14. The summed E-state index contributed by atoms with van der Waals surface area (Å²) in [6.07, 6.45) is -4.61. The van der Waals surface area contributed by atoms with Gasteiger partial charge in [-0.2, -0.15) is 13.2 Å². The Bertz CT molecular complexity index is 310. The Morgan fingerprint density at radius 2 is 1.90 bits per heavy atom. The van der Waals surface area contributed by atoms with Crippen LogP contribution in [0.5, 0.6) is 0 Å². The van der Waals surface area contributed by atoms with Gasteiger partial charge in [-0.1, -0.05) is 6.92 Å². The van der Waals surface area contributed by atoms with Crippen LogP contribution in [0.2, 0.25) is 0 Å². The van der Waals surface area contributed by atoms with E-state index in [0.717, 1.165) is 13.3 Å². The Morgan fingerprint density at radius 3 is 2.38 bits per heavy atom. The lowest BCUT2D eigenvalue weighted by atomic mass is 9.95. The second-order valence-electron chi connectivity index (χ2n) is 5.14. The van der Waals surface area contributed by atoms with Gasteiger partial charge in [-0.15, -0.1) is 0 Å². The molecule has 0 saturated carbocycles. The largest absolute Gasteiger partial charge is 0.465 e. The number of rotatable bonds is 10. The molecule has 4 nitrogen and oxygen atoms in total. The monoisotopic (exact) mass is 313 g/mol. The fourth-order valence-electron chi connectivity index (χ4n) is 1.73. The second kappa shape index (κ2) is 9.25. The molecule has 2 unspecified atom stereocenters. The van der Waals surface area contributed by atoms with E-state index in [1.54, 1.807) is 13.8 Å². The van der Waals surface area contributed by atoms with Crippen LogP contribution in [0.1, 0.15) is 47.0 Å². The third-order valence-electron chi connectivity index (χ3n) is 3.14. The molecule has 0 spiro atoms. The number of esters is 1. The van der Waals surface area contributed by atoms with E-state index in [-0.39, 0.29) is 19.2 Å². The van der Waals surface area contributed by atoms with Gasteiger partial charge in [0.15, 0.2) is 6.10 Å². The number of halogens is 3. The number of alkyl halides is 3. The van der Waals surface area contributed by atoms with Crippen molar-refractivity contribution in [2.24, 2.45) is 0 Å². The van der Waals surface area contributed by atoms with Crippen molar-refractivity contribution < 1.29 is 27.4 Å². The first-order chi connectivity index (χ1) is 9.67. The molecule has 0 aromatic rings. The van der Waals surface area contributed by atoms with E-state index < -0.39 is 17.8 Å². The predicted octanol–water partition coefficient (Wildman–Crippen LogP) is 3.06. The molecule has 2 atom stereocenters. The van der Waals surface area contributed by atoms with Gasteiger partial charge in [-0.05, 0) is 46.6 Å². The maximum absolute atomic E-state index is 12.3. The molecule has 0 aromatic heterocycles. The Kier molecular flexibility index (Phi) is 8.89. The van der Waals surface area contributed by atoms with Crippen molar-refractivity contribution >= 4 is 5.97 Å². The van der Waals surface area contributed by atoms with Crippen LogP contribution in [-0.2, 0) is 14.3 Å². The number of nitrogens with one attached hydrogen (secondary N) is 1. The van der Waals surface area contributed by atoms with Crippen molar-refractivity contribution in [2.75, 3.05) is 19.8 Å². The molecule has 0 aliphatic carbocycles.